The van der Waals surface area contributed by atoms with Crippen molar-refractivity contribution in [2.75, 3.05) is 13.1 Å². The van der Waals surface area contributed by atoms with Gasteiger partial charge in [-0.3, -0.25) is 4.90 Å². The van der Waals surface area contributed by atoms with Gasteiger partial charge < -0.3 is 19.8 Å². The van der Waals surface area contributed by atoms with Crippen molar-refractivity contribution in [2.45, 2.75) is 106 Å². The second-order valence-corrected chi connectivity index (χ2v) is 14.0. The van der Waals surface area contributed by atoms with E-state index < -0.39 is 11.0 Å². The minimum atomic E-state index is -0.865. The molecule has 7 aliphatic carbocycles. The monoisotopic (exact) mass is 490 g/mol. The van der Waals surface area contributed by atoms with Gasteiger partial charge in [0, 0.05) is 18.2 Å². The fraction of sp³-hybridized carbons (Fsp3) is 0.767. The molecule has 6 heteroatoms. The van der Waals surface area contributed by atoms with E-state index in [0.29, 0.717) is 18.6 Å². The molecule has 1 aromatic rings. The van der Waals surface area contributed by atoms with E-state index in [0.717, 1.165) is 80.1 Å². The third-order valence-electron chi connectivity index (χ3n) is 11.9. The van der Waals surface area contributed by atoms with Gasteiger partial charge in [0.15, 0.2) is 17.6 Å². The highest BCUT2D eigenvalue weighted by Gasteiger charge is 2.73. The number of hydrogen-bond donors (Lipinski definition) is 2. The first-order valence-electron chi connectivity index (χ1n) is 14.7. The Morgan fingerprint density at radius 2 is 1.81 bits per heavy atom. The van der Waals surface area contributed by atoms with E-state index in [1.165, 1.54) is 37.7 Å². The van der Waals surface area contributed by atoms with E-state index in [1.807, 2.05) is 0 Å². The fourth-order valence-electron chi connectivity index (χ4n) is 10.7. The molecule has 192 valence electrons. The van der Waals surface area contributed by atoms with Gasteiger partial charge in [0.1, 0.15) is 5.60 Å². The Labute approximate surface area is 213 Å². The van der Waals surface area contributed by atoms with Gasteiger partial charge in [-0.1, -0.05) is 11.2 Å². The number of phenolic OH excluding ortho intramolecular Hbond substituents is 1. The quantitative estimate of drug-likeness (QED) is 0.616. The molecule has 0 amide bonds. The van der Waals surface area contributed by atoms with Crippen molar-refractivity contribution in [3.05, 3.63) is 23.3 Å². The summed E-state index contributed by atoms with van der Waals surface area (Å²) in [4.78, 5) is 9.19. The van der Waals surface area contributed by atoms with Crippen molar-refractivity contribution in [3.8, 4) is 11.5 Å². The molecule has 6 saturated carbocycles. The zero-order valence-electron chi connectivity index (χ0n) is 21.1. The number of ether oxygens (including phenoxy) is 1. The Hall–Kier alpha value is -1.79. The molecule has 36 heavy (non-hydrogen) atoms. The maximum Gasteiger partial charge on any atom is 0.166 e. The summed E-state index contributed by atoms with van der Waals surface area (Å²) < 4.78 is 6.65. The van der Waals surface area contributed by atoms with E-state index in [9.17, 15) is 10.2 Å². The lowest BCUT2D eigenvalue weighted by atomic mass is 9.49. The summed E-state index contributed by atoms with van der Waals surface area (Å²) in [6.07, 6.45) is 13.0. The van der Waals surface area contributed by atoms with Gasteiger partial charge >= 0.3 is 0 Å². The molecular formula is C30H38N2O4. The number of aliphatic hydroxyl groups is 1. The third kappa shape index (κ3) is 2.58. The molecule has 6 nitrogen and oxygen atoms in total. The molecular weight excluding hydrogens is 452 g/mol. The van der Waals surface area contributed by atoms with E-state index in [1.54, 1.807) is 6.07 Å². The maximum absolute atomic E-state index is 12.6. The number of hydrogen-bond acceptors (Lipinski definition) is 6. The fourth-order valence-corrected chi connectivity index (χ4v) is 10.7. The number of rotatable bonds is 4. The van der Waals surface area contributed by atoms with Crippen LogP contribution in [0.15, 0.2) is 17.3 Å². The Balaban J connectivity index is 1.11. The number of piperidine rings is 1. The Kier molecular flexibility index (Phi) is 4.00. The van der Waals surface area contributed by atoms with Crippen molar-refractivity contribution >= 4 is 5.71 Å². The molecule has 2 heterocycles. The van der Waals surface area contributed by atoms with Crippen molar-refractivity contribution < 1.29 is 19.8 Å². The summed E-state index contributed by atoms with van der Waals surface area (Å²) in [5, 5.41) is 28.4. The van der Waals surface area contributed by atoms with Crippen LogP contribution in [0.25, 0.3) is 0 Å². The van der Waals surface area contributed by atoms with Crippen LogP contribution < -0.4 is 4.74 Å². The number of nitrogens with zero attached hydrogens (tertiary/aromatic N) is 2. The summed E-state index contributed by atoms with van der Waals surface area (Å²) in [5.41, 5.74) is 1.77. The van der Waals surface area contributed by atoms with E-state index in [-0.39, 0.29) is 23.5 Å². The lowest BCUT2D eigenvalue weighted by Crippen LogP contribution is -2.76. The van der Waals surface area contributed by atoms with Crippen molar-refractivity contribution in [2.24, 2.45) is 28.8 Å². The highest BCUT2D eigenvalue weighted by molar-refractivity contribution is 5.94. The largest absolute Gasteiger partial charge is 0.504 e. The molecule has 0 radical (unpaired) electrons. The van der Waals surface area contributed by atoms with Gasteiger partial charge in [-0.15, -0.1) is 0 Å². The molecule has 1 saturated heterocycles. The van der Waals surface area contributed by atoms with Crippen LogP contribution in [0.4, 0.5) is 0 Å². The second-order valence-electron chi connectivity index (χ2n) is 14.0. The van der Waals surface area contributed by atoms with Crippen molar-refractivity contribution in [1.82, 2.24) is 4.90 Å². The highest BCUT2D eigenvalue weighted by Crippen LogP contribution is 2.65. The first kappa shape index (κ1) is 21.2. The lowest BCUT2D eigenvalue weighted by molar-refractivity contribution is -0.173. The summed E-state index contributed by atoms with van der Waals surface area (Å²) in [6, 6.07) is 3.97. The van der Waals surface area contributed by atoms with Crippen LogP contribution in [0, 0.1) is 23.7 Å². The minimum Gasteiger partial charge on any atom is -0.504 e. The molecule has 1 aromatic carbocycles. The molecule has 2 N–H and O–H groups in total. The van der Waals surface area contributed by atoms with E-state index >= 15 is 0 Å². The maximum atomic E-state index is 12.6. The molecule has 0 aromatic heterocycles. The summed E-state index contributed by atoms with van der Waals surface area (Å²) in [6.45, 7) is 2.08. The second kappa shape index (κ2) is 6.79. The van der Waals surface area contributed by atoms with Crippen molar-refractivity contribution in [1.29, 1.82) is 0 Å². The number of oxime groups is 1. The average Bonchev–Trinajstić information content (AvgIpc) is 3.58. The van der Waals surface area contributed by atoms with Gasteiger partial charge in [0.05, 0.1) is 16.7 Å². The summed E-state index contributed by atoms with van der Waals surface area (Å²) in [5.74, 6) is 4.02. The summed E-state index contributed by atoms with van der Waals surface area (Å²) >= 11 is 0. The van der Waals surface area contributed by atoms with Crippen LogP contribution >= 0.6 is 0 Å². The first-order chi connectivity index (χ1) is 17.5. The SMILES string of the molecule is Oc1ccc2c3c1O[C@H]1/C(=N/OC45CC6CC(CC(C6)C4)C5)CC[C@@]4(O)[C@@H](C2)N(CC2CC2)CC[C@]314. The molecule has 1 spiro atoms. The molecule has 6 bridgehead atoms. The highest BCUT2D eigenvalue weighted by atomic mass is 16.7. The van der Waals surface area contributed by atoms with E-state index in [4.69, 9.17) is 14.7 Å². The molecule has 7 fully saturated rings. The third-order valence-corrected chi connectivity index (χ3v) is 11.9. The Morgan fingerprint density at radius 1 is 1.06 bits per heavy atom. The Bertz CT molecular complexity index is 1140. The van der Waals surface area contributed by atoms with E-state index in [2.05, 4.69) is 11.0 Å². The van der Waals surface area contributed by atoms with Crippen LogP contribution in [0.2, 0.25) is 0 Å². The standard InChI is InChI=1S/C30H38N2O4/c33-23-4-3-21-12-24-30(34)6-5-22(31-36-28-13-18-9-19(14-28)11-20(10-18)15-28)27-29(30,25(21)26(23)35-27)7-8-32(24)16-17-1-2-17/h3-4,17-20,24,27,33-34H,1-2,5-16H2/b31-22+/t18?,19?,20?,24-,27+,28?,29+,30-/m1/s1. The van der Waals surface area contributed by atoms with Crippen LogP contribution in [-0.4, -0.2) is 57.3 Å². The molecule has 9 aliphatic rings. The number of aromatic hydroxyl groups is 1. The van der Waals surface area contributed by atoms with Crippen molar-refractivity contribution in [3.63, 3.8) is 0 Å². The van der Waals surface area contributed by atoms with Gasteiger partial charge in [0.25, 0.3) is 0 Å². The average molecular weight is 491 g/mol. The number of likely N-dealkylation sites (tertiary alicyclic amines) is 1. The predicted octanol–water partition coefficient (Wildman–Crippen LogP) is 4.30. The Morgan fingerprint density at radius 3 is 2.53 bits per heavy atom. The lowest BCUT2D eigenvalue weighted by Gasteiger charge is -2.63. The molecule has 2 aliphatic heterocycles. The zero-order chi connectivity index (χ0) is 23.9. The smallest absolute Gasteiger partial charge is 0.166 e. The predicted molar refractivity (Wildman–Crippen MR) is 134 cm³/mol. The normalized spacial score (nSPS) is 48.7. The zero-order valence-corrected chi connectivity index (χ0v) is 21.1. The van der Waals surface area contributed by atoms with Gasteiger partial charge in [0.2, 0.25) is 0 Å². The van der Waals surface area contributed by atoms with Gasteiger partial charge in [-0.2, -0.15) is 0 Å². The first-order valence-corrected chi connectivity index (χ1v) is 14.7. The number of phenols is 1. The van der Waals surface area contributed by atoms with Crippen LogP contribution in [-0.2, 0) is 16.7 Å². The molecule has 0 unspecified atom stereocenters. The van der Waals surface area contributed by atoms with Gasteiger partial charge in [-0.25, -0.2) is 0 Å². The topological polar surface area (TPSA) is 74.5 Å². The minimum absolute atomic E-state index is 0.0886. The number of benzene rings is 1. The van der Waals surface area contributed by atoms with Crippen LogP contribution in [0.3, 0.4) is 0 Å². The molecule has 10 rings (SSSR count). The summed E-state index contributed by atoms with van der Waals surface area (Å²) in [7, 11) is 0. The molecule has 4 atom stereocenters. The van der Waals surface area contributed by atoms with Crippen LogP contribution in [0.1, 0.15) is 81.8 Å². The van der Waals surface area contributed by atoms with Gasteiger partial charge in [-0.05, 0) is 119 Å². The van der Waals surface area contributed by atoms with Crippen LogP contribution in [0.5, 0.6) is 11.5 Å².